The van der Waals surface area contributed by atoms with Gasteiger partial charge in [0.1, 0.15) is 23.3 Å². The molecule has 0 spiro atoms. The Balaban J connectivity index is 1.78. The van der Waals surface area contributed by atoms with Crippen LogP contribution in [-0.2, 0) is 6.54 Å². The van der Waals surface area contributed by atoms with Gasteiger partial charge >= 0.3 is 0 Å². The van der Waals surface area contributed by atoms with Crippen LogP contribution in [0.15, 0.2) is 48.8 Å². The van der Waals surface area contributed by atoms with Crippen LogP contribution in [0.1, 0.15) is 42.9 Å². The SMILES string of the molecule is CCN(CC)CCCn1cnc2c(c1=N)C(c1ccccc1Cl)c1ccc(O)cc1O2. The third kappa shape index (κ3) is 4.18. The summed E-state index contributed by atoms with van der Waals surface area (Å²) in [5.74, 6) is 0.730. The van der Waals surface area contributed by atoms with Crippen LogP contribution in [0.5, 0.6) is 17.4 Å². The van der Waals surface area contributed by atoms with Crippen molar-refractivity contribution in [1.82, 2.24) is 14.5 Å². The number of aromatic nitrogens is 2. The van der Waals surface area contributed by atoms with Crippen molar-refractivity contribution in [2.45, 2.75) is 32.7 Å². The fraction of sp³-hybridized carbons (Fsp3) is 0.333. The number of aryl methyl sites for hydroxylation is 1. The van der Waals surface area contributed by atoms with Gasteiger partial charge in [-0.05, 0) is 43.8 Å². The van der Waals surface area contributed by atoms with Gasteiger partial charge in [0.05, 0.1) is 5.56 Å². The second-order valence-corrected chi connectivity index (χ2v) is 8.07. The molecule has 0 radical (unpaired) electrons. The number of aromatic hydroxyl groups is 1. The van der Waals surface area contributed by atoms with E-state index in [9.17, 15) is 5.11 Å². The van der Waals surface area contributed by atoms with Crippen molar-refractivity contribution in [1.29, 1.82) is 5.41 Å². The molecule has 7 heteroatoms. The third-order valence-electron chi connectivity index (χ3n) is 5.87. The summed E-state index contributed by atoms with van der Waals surface area (Å²) < 4.78 is 7.88. The lowest BCUT2D eigenvalue weighted by atomic mass is 9.84. The van der Waals surface area contributed by atoms with Crippen LogP contribution >= 0.6 is 11.6 Å². The molecule has 2 N–H and O–H groups in total. The molecule has 6 nitrogen and oxygen atoms in total. The second-order valence-electron chi connectivity index (χ2n) is 7.66. The number of fused-ring (bicyclic) bond motifs is 2. The van der Waals surface area contributed by atoms with E-state index in [1.807, 2.05) is 34.9 Å². The van der Waals surface area contributed by atoms with Gasteiger partial charge in [-0.3, -0.25) is 5.41 Å². The van der Waals surface area contributed by atoms with Crippen LogP contribution in [0, 0.1) is 5.41 Å². The first kappa shape index (κ1) is 21.4. The molecule has 0 amide bonds. The highest BCUT2D eigenvalue weighted by atomic mass is 35.5. The molecule has 0 fully saturated rings. The molecule has 0 aliphatic carbocycles. The lowest BCUT2D eigenvalue weighted by Crippen LogP contribution is -2.31. The minimum atomic E-state index is -0.303. The van der Waals surface area contributed by atoms with E-state index in [1.165, 1.54) is 0 Å². The zero-order chi connectivity index (χ0) is 22.0. The van der Waals surface area contributed by atoms with Crippen molar-refractivity contribution in [3.05, 3.63) is 76.0 Å². The molecule has 2 heterocycles. The highest BCUT2D eigenvalue weighted by molar-refractivity contribution is 6.31. The maximum atomic E-state index is 9.96. The van der Waals surface area contributed by atoms with Gasteiger partial charge < -0.3 is 19.3 Å². The van der Waals surface area contributed by atoms with Gasteiger partial charge in [-0.2, -0.15) is 0 Å². The number of ether oxygens (including phenoxy) is 1. The molecule has 0 bridgehead atoms. The predicted octanol–water partition coefficient (Wildman–Crippen LogP) is 4.74. The van der Waals surface area contributed by atoms with Crippen molar-refractivity contribution in [3.8, 4) is 17.4 Å². The predicted molar refractivity (Wildman–Crippen MR) is 121 cm³/mol. The van der Waals surface area contributed by atoms with Crippen LogP contribution in [0.3, 0.4) is 0 Å². The first-order valence-electron chi connectivity index (χ1n) is 10.6. The van der Waals surface area contributed by atoms with Crippen LogP contribution in [0.2, 0.25) is 5.02 Å². The average Bonchev–Trinajstić information content (AvgIpc) is 2.77. The summed E-state index contributed by atoms with van der Waals surface area (Å²) in [6.45, 7) is 8.03. The molecule has 4 rings (SSSR count). The first-order valence-corrected chi connectivity index (χ1v) is 11.0. The van der Waals surface area contributed by atoms with Crippen LogP contribution < -0.4 is 10.2 Å². The van der Waals surface area contributed by atoms with E-state index in [4.69, 9.17) is 21.7 Å². The summed E-state index contributed by atoms with van der Waals surface area (Å²) in [6.07, 6.45) is 2.60. The zero-order valence-corrected chi connectivity index (χ0v) is 18.6. The summed E-state index contributed by atoms with van der Waals surface area (Å²) in [6, 6.07) is 12.7. The van der Waals surface area contributed by atoms with Crippen LogP contribution in [0.25, 0.3) is 0 Å². The molecule has 0 saturated heterocycles. The molecular formula is C24H27ClN4O2. The number of hydrogen-bond acceptors (Lipinski definition) is 5. The van der Waals surface area contributed by atoms with Gasteiger partial charge in [-0.15, -0.1) is 0 Å². The minimum absolute atomic E-state index is 0.119. The Hall–Kier alpha value is -2.83. The Morgan fingerprint density at radius 1 is 1.16 bits per heavy atom. The number of phenolic OH excluding ortho intramolecular Hbond substituents is 1. The Morgan fingerprint density at radius 2 is 1.94 bits per heavy atom. The molecule has 0 saturated carbocycles. The van der Waals surface area contributed by atoms with Crippen molar-refractivity contribution in [3.63, 3.8) is 0 Å². The number of rotatable bonds is 7. The Bertz CT molecular complexity index is 1140. The van der Waals surface area contributed by atoms with Gasteiger partial charge in [-0.25, -0.2) is 4.98 Å². The molecular weight excluding hydrogens is 412 g/mol. The highest BCUT2D eigenvalue weighted by Crippen LogP contribution is 2.47. The number of benzene rings is 2. The van der Waals surface area contributed by atoms with Crippen LogP contribution in [-0.4, -0.2) is 39.2 Å². The zero-order valence-electron chi connectivity index (χ0n) is 17.8. The fourth-order valence-electron chi connectivity index (χ4n) is 4.16. The van der Waals surface area contributed by atoms with Crippen molar-refractivity contribution in [2.75, 3.05) is 19.6 Å². The molecule has 1 atom stereocenters. The Morgan fingerprint density at radius 3 is 2.68 bits per heavy atom. The largest absolute Gasteiger partial charge is 0.508 e. The normalized spacial score (nSPS) is 14.8. The Kier molecular flexibility index (Phi) is 6.30. The number of phenols is 1. The van der Waals surface area contributed by atoms with Gasteiger partial charge in [0.25, 0.3) is 0 Å². The summed E-state index contributed by atoms with van der Waals surface area (Å²) in [5.41, 5.74) is 2.80. The van der Waals surface area contributed by atoms with Crippen molar-refractivity contribution in [2.24, 2.45) is 0 Å². The highest BCUT2D eigenvalue weighted by Gasteiger charge is 2.33. The van der Waals surface area contributed by atoms with E-state index in [1.54, 1.807) is 18.5 Å². The van der Waals surface area contributed by atoms with E-state index in [0.717, 1.165) is 37.2 Å². The third-order valence-corrected chi connectivity index (χ3v) is 6.22. The Labute approximate surface area is 187 Å². The van der Waals surface area contributed by atoms with E-state index >= 15 is 0 Å². The van der Waals surface area contributed by atoms with Crippen LogP contribution in [0.4, 0.5) is 0 Å². The number of hydrogen-bond donors (Lipinski definition) is 2. The summed E-state index contributed by atoms with van der Waals surface area (Å²) in [5, 5.41) is 19.5. The molecule has 31 heavy (non-hydrogen) atoms. The lowest BCUT2D eigenvalue weighted by molar-refractivity contribution is 0.291. The van der Waals surface area contributed by atoms with Crippen molar-refractivity contribution >= 4 is 11.6 Å². The lowest BCUT2D eigenvalue weighted by Gasteiger charge is -2.29. The average molecular weight is 439 g/mol. The summed E-state index contributed by atoms with van der Waals surface area (Å²) in [4.78, 5) is 6.90. The van der Waals surface area contributed by atoms with E-state index in [-0.39, 0.29) is 11.7 Å². The molecule has 3 aromatic rings. The number of halogens is 1. The summed E-state index contributed by atoms with van der Waals surface area (Å²) in [7, 11) is 0. The smallest absolute Gasteiger partial charge is 0.228 e. The molecule has 1 aromatic heterocycles. The van der Waals surface area contributed by atoms with Gasteiger partial charge in [-0.1, -0.05) is 49.7 Å². The van der Waals surface area contributed by atoms with E-state index in [2.05, 4.69) is 23.7 Å². The second kappa shape index (κ2) is 9.12. The molecule has 1 aliphatic rings. The summed E-state index contributed by atoms with van der Waals surface area (Å²) >= 11 is 6.58. The standard InChI is InChI=1S/C24H27ClN4O2/c1-3-28(4-2)12-7-13-29-15-27-24-22(23(29)26)21(17-8-5-6-9-19(17)25)18-11-10-16(30)14-20(18)31-24/h5-6,8-11,14-15,21,26,30H,3-4,7,12-13H2,1-2H3. The quantitative estimate of drug-likeness (QED) is 0.437. The van der Waals surface area contributed by atoms with Gasteiger partial charge in [0.2, 0.25) is 5.88 Å². The molecule has 1 unspecified atom stereocenters. The maximum Gasteiger partial charge on any atom is 0.228 e. The molecule has 2 aromatic carbocycles. The first-order chi connectivity index (χ1) is 15.0. The monoisotopic (exact) mass is 438 g/mol. The topological polar surface area (TPSA) is 74.4 Å². The van der Waals surface area contributed by atoms with Crippen molar-refractivity contribution < 1.29 is 9.84 Å². The van der Waals surface area contributed by atoms with E-state index in [0.29, 0.717) is 34.2 Å². The van der Waals surface area contributed by atoms with Gasteiger partial charge in [0.15, 0.2) is 0 Å². The molecule has 162 valence electrons. The number of nitrogens with zero attached hydrogens (tertiary/aromatic N) is 3. The van der Waals surface area contributed by atoms with E-state index < -0.39 is 0 Å². The van der Waals surface area contributed by atoms with Gasteiger partial charge in [0, 0.05) is 29.1 Å². The molecule has 1 aliphatic heterocycles. The maximum absolute atomic E-state index is 9.96. The minimum Gasteiger partial charge on any atom is -0.508 e. The fourth-order valence-corrected chi connectivity index (χ4v) is 4.41. The number of nitrogens with one attached hydrogen (secondary N) is 1.